The van der Waals surface area contributed by atoms with Crippen molar-refractivity contribution in [1.82, 2.24) is 19.7 Å². The summed E-state index contributed by atoms with van der Waals surface area (Å²) in [7, 11) is 0. The summed E-state index contributed by atoms with van der Waals surface area (Å²) in [5, 5.41) is 4.57. The SMILES string of the molecule is CCOc1ccc(-c2nn(CN3CCN(c4ccncc4)CC3)c(=S)o2)cc1. The molecule has 0 N–H and O–H groups in total. The second-order valence-corrected chi connectivity index (χ2v) is 6.93. The molecule has 0 radical (unpaired) electrons. The molecule has 4 rings (SSSR count). The Hall–Kier alpha value is -2.71. The van der Waals surface area contributed by atoms with E-state index in [1.54, 1.807) is 4.68 Å². The van der Waals surface area contributed by atoms with Gasteiger partial charge >= 0.3 is 0 Å². The maximum absolute atomic E-state index is 5.71. The molecule has 8 heteroatoms. The van der Waals surface area contributed by atoms with Crippen LogP contribution in [0.3, 0.4) is 0 Å². The Bertz CT molecular complexity index is 947. The Balaban J connectivity index is 1.39. The van der Waals surface area contributed by atoms with Gasteiger partial charge in [0.25, 0.3) is 4.84 Å². The quantitative estimate of drug-likeness (QED) is 0.591. The molecule has 0 amide bonds. The minimum atomic E-state index is 0.389. The fourth-order valence-corrected chi connectivity index (χ4v) is 3.44. The Morgan fingerprint density at radius 2 is 1.75 bits per heavy atom. The Morgan fingerprint density at radius 3 is 2.43 bits per heavy atom. The van der Waals surface area contributed by atoms with Crippen molar-refractivity contribution >= 4 is 17.9 Å². The lowest BCUT2D eigenvalue weighted by Crippen LogP contribution is -2.46. The minimum Gasteiger partial charge on any atom is -0.494 e. The highest BCUT2D eigenvalue weighted by Gasteiger charge is 2.19. The number of anilines is 1. The average Bonchev–Trinajstić information content (AvgIpc) is 3.10. The van der Waals surface area contributed by atoms with E-state index in [2.05, 4.69) is 19.9 Å². The highest BCUT2D eigenvalue weighted by Crippen LogP contribution is 2.22. The van der Waals surface area contributed by atoms with Crippen molar-refractivity contribution in [3.63, 3.8) is 0 Å². The summed E-state index contributed by atoms with van der Waals surface area (Å²) in [4.78, 5) is 9.17. The van der Waals surface area contributed by atoms with E-state index in [-0.39, 0.29) is 0 Å². The van der Waals surface area contributed by atoms with Gasteiger partial charge in [-0.25, -0.2) is 4.68 Å². The van der Waals surface area contributed by atoms with Crippen LogP contribution >= 0.6 is 12.2 Å². The second kappa shape index (κ2) is 8.53. The lowest BCUT2D eigenvalue weighted by atomic mass is 10.2. The summed E-state index contributed by atoms with van der Waals surface area (Å²) < 4.78 is 12.9. The molecule has 0 bridgehead atoms. The molecule has 146 valence electrons. The third-order valence-electron chi connectivity index (χ3n) is 4.75. The van der Waals surface area contributed by atoms with Crippen LogP contribution < -0.4 is 9.64 Å². The Kier molecular flexibility index (Phi) is 5.68. The van der Waals surface area contributed by atoms with Crippen molar-refractivity contribution in [1.29, 1.82) is 0 Å². The number of benzene rings is 1. The maximum atomic E-state index is 5.71. The lowest BCUT2D eigenvalue weighted by Gasteiger charge is -2.35. The Morgan fingerprint density at radius 1 is 1.04 bits per heavy atom. The molecule has 3 aromatic rings. The number of hydrogen-bond acceptors (Lipinski definition) is 7. The molecule has 0 atom stereocenters. The summed E-state index contributed by atoms with van der Waals surface area (Å²) in [6.45, 7) is 7.03. The number of pyridine rings is 1. The number of hydrogen-bond donors (Lipinski definition) is 0. The molecular weight excluding hydrogens is 374 g/mol. The molecule has 1 aliphatic rings. The van der Waals surface area contributed by atoms with Gasteiger partial charge in [-0.05, 0) is 55.5 Å². The largest absolute Gasteiger partial charge is 0.494 e. The number of piperazine rings is 1. The topological polar surface area (TPSA) is 59.6 Å². The monoisotopic (exact) mass is 397 g/mol. The van der Waals surface area contributed by atoms with Crippen LogP contribution in [0.5, 0.6) is 5.75 Å². The van der Waals surface area contributed by atoms with Crippen molar-refractivity contribution in [2.45, 2.75) is 13.6 Å². The smallest absolute Gasteiger partial charge is 0.288 e. The summed E-state index contributed by atoms with van der Waals surface area (Å²) >= 11 is 5.37. The molecule has 1 aromatic carbocycles. The number of aromatic nitrogens is 3. The van der Waals surface area contributed by atoms with Crippen LogP contribution in [0.2, 0.25) is 0 Å². The van der Waals surface area contributed by atoms with E-state index in [0.717, 1.165) is 37.5 Å². The molecule has 1 aliphatic heterocycles. The predicted molar refractivity (Wildman–Crippen MR) is 110 cm³/mol. The fourth-order valence-electron chi connectivity index (χ4n) is 3.26. The minimum absolute atomic E-state index is 0.389. The van der Waals surface area contributed by atoms with Crippen LogP contribution in [0.1, 0.15) is 6.92 Å². The molecule has 1 fully saturated rings. The van der Waals surface area contributed by atoms with Crippen molar-refractivity contribution in [2.75, 3.05) is 37.7 Å². The van der Waals surface area contributed by atoms with E-state index >= 15 is 0 Å². The molecule has 7 nitrogen and oxygen atoms in total. The van der Waals surface area contributed by atoms with Gasteiger partial charge in [0.2, 0.25) is 5.89 Å². The molecule has 0 aliphatic carbocycles. The number of nitrogens with zero attached hydrogens (tertiary/aromatic N) is 5. The molecule has 0 saturated carbocycles. The predicted octanol–water partition coefficient (Wildman–Crippen LogP) is 3.45. The van der Waals surface area contributed by atoms with E-state index in [1.165, 1.54) is 5.69 Å². The maximum Gasteiger partial charge on any atom is 0.288 e. The Labute approximate surface area is 169 Å². The standard InChI is InChI=1S/C20H23N5O2S/c1-2-26-18-5-3-16(4-6-18)19-22-25(20(28)27-19)15-23-11-13-24(14-12-23)17-7-9-21-10-8-17/h3-10H,2,11-15H2,1H3. The van der Waals surface area contributed by atoms with Gasteiger partial charge in [-0.15, -0.1) is 5.10 Å². The van der Waals surface area contributed by atoms with E-state index in [4.69, 9.17) is 21.4 Å². The molecule has 2 aromatic heterocycles. The molecule has 0 unspecified atom stereocenters. The van der Waals surface area contributed by atoms with Gasteiger partial charge in [0, 0.05) is 49.8 Å². The first-order valence-corrected chi connectivity index (χ1v) is 9.82. The van der Waals surface area contributed by atoms with Gasteiger partial charge in [-0.1, -0.05) is 0 Å². The molecule has 1 saturated heterocycles. The second-order valence-electron chi connectivity index (χ2n) is 6.58. The van der Waals surface area contributed by atoms with Crippen LogP contribution in [-0.4, -0.2) is 52.5 Å². The highest BCUT2D eigenvalue weighted by molar-refractivity contribution is 7.71. The van der Waals surface area contributed by atoms with Crippen LogP contribution in [0, 0.1) is 4.84 Å². The van der Waals surface area contributed by atoms with Crippen LogP contribution in [0.25, 0.3) is 11.5 Å². The average molecular weight is 398 g/mol. The zero-order valence-electron chi connectivity index (χ0n) is 15.8. The third kappa shape index (κ3) is 4.23. The van der Waals surface area contributed by atoms with Crippen molar-refractivity contribution < 1.29 is 9.15 Å². The van der Waals surface area contributed by atoms with Gasteiger partial charge < -0.3 is 14.1 Å². The van der Waals surface area contributed by atoms with E-state index in [9.17, 15) is 0 Å². The molecule has 28 heavy (non-hydrogen) atoms. The summed E-state index contributed by atoms with van der Waals surface area (Å²) in [6, 6.07) is 11.8. The normalized spacial score (nSPS) is 15.0. The molecule has 0 spiro atoms. The molecular formula is C20H23N5O2S. The first-order valence-electron chi connectivity index (χ1n) is 9.41. The van der Waals surface area contributed by atoms with Crippen LogP contribution in [-0.2, 0) is 6.67 Å². The summed E-state index contributed by atoms with van der Waals surface area (Å²) in [6.07, 6.45) is 3.66. The zero-order chi connectivity index (χ0) is 19.3. The van der Waals surface area contributed by atoms with Crippen molar-refractivity contribution in [2.24, 2.45) is 0 Å². The van der Waals surface area contributed by atoms with E-state index in [1.807, 2.05) is 55.7 Å². The van der Waals surface area contributed by atoms with E-state index in [0.29, 0.717) is 24.0 Å². The van der Waals surface area contributed by atoms with Crippen LogP contribution in [0.4, 0.5) is 5.69 Å². The van der Waals surface area contributed by atoms with Gasteiger partial charge in [-0.3, -0.25) is 9.88 Å². The van der Waals surface area contributed by atoms with Gasteiger partial charge in [-0.2, -0.15) is 0 Å². The van der Waals surface area contributed by atoms with Gasteiger partial charge in [0.05, 0.1) is 13.3 Å². The first kappa shape index (κ1) is 18.6. The van der Waals surface area contributed by atoms with Gasteiger partial charge in [0.15, 0.2) is 0 Å². The van der Waals surface area contributed by atoms with Crippen molar-refractivity contribution in [3.8, 4) is 17.2 Å². The summed E-state index contributed by atoms with van der Waals surface area (Å²) in [5.74, 6) is 1.36. The highest BCUT2D eigenvalue weighted by atomic mass is 32.1. The summed E-state index contributed by atoms with van der Waals surface area (Å²) in [5.41, 5.74) is 2.10. The fraction of sp³-hybridized carbons (Fsp3) is 0.350. The zero-order valence-corrected chi connectivity index (χ0v) is 16.6. The number of ether oxygens (including phenoxy) is 1. The number of rotatable bonds is 6. The first-order chi connectivity index (χ1) is 13.7. The van der Waals surface area contributed by atoms with Crippen molar-refractivity contribution in [3.05, 3.63) is 53.6 Å². The molecule has 3 heterocycles. The third-order valence-corrected chi connectivity index (χ3v) is 5.05. The lowest BCUT2D eigenvalue weighted by molar-refractivity contribution is 0.192. The van der Waals surface area contributed by atoms with E-state index < -0.39 is 0 Å². The van der Waals surface area contributed by atoms with Gasteiger partial charge in [0.1, 0.15) is 5.75 Å². The van der Waals surface area contributed by atoms with Crippen LogP contribution in [0.15, 0.2) is 53.2 Å².